The largest absolute Gasteiger partial charge is 0.481 e. The number of aliphatic carboxylic acids is 1. The van der Waals surface area contributed by atoms with Crippen LogP contribution in [0.3, 0.4) is 0 Å². The molecule has 4 radical (unpaired) electrons. The molecule has 1 N–H and O–H groups in total. The van der Waals surface area contributed by atoms with Crippen LogP contribution >= 0.6 is 0 Å². The van der Waals surface area contributed by atoms with Gasteiger partial charge in [0.2, 0.25) is 0 Å². The number of carbonyl (C=O) groups is 1. The molecule has 0 saturated carbocycles. The van der Waals surface area contributed by atoms with E-state index in [4.69, 9.17) is 5.11 Å². The highest BCUT2D eigenvalue weighted by Crippen LogP contribution is 1.97. The minimum absolute atomic E-state index is 0. The Kier molecular flexibility index (Phi) is 9.80. The second kappa shape index (κ2) is 7.69. The van der Waals surface area contributed by atoms with Crippen molar-refractivity contribution < 1.29 is 9.90 Å². The normalized spacial score (nSPS) is 8.11. The van der Waals surface area contributed by atoms with Crippen LogP contribution in [0.5, 0.6) is 0 Å². The van der Waals surface area contributed by atoms with Gasteiger partial charge in [-0.05, 0) is 6.42 Å². The van der Waals surface area contributed by atoms with Crippen LogP contribution in [-0.4, -0.2) is 22.0 Å². The van der Waals surface area contributed by atoms with E-state index in [9.17, 15) is 4.79 Å². The van der Waals surface area contributed by atoms with Crippen molar-refractivity contribution in [3.63, 3.8) is 0 Å². The highest BCUT2D eigenvalue weighted by atomic mass is 28.1. The third-order valence-corrected chi connectivity index (χ3v) is 0.994. The van der Waals surface area contributed by atoms with Gasteiger partial charge in [-0.2, -0.15) is 0 Å². The first-order valence-corrected chi connectivity index (χ1v) is 2.99. The van der Waals surface area contributed by atoms with Crippen LogP contribution in [0.15, 0.2) is 0 Å². The minimum Gasteiger partial charge on any atom is -0.481 e. The molecule has 3 heteroatoms. The van der Waals surface area contributed by atoms with Gasteiger partial charge < -0.3 is 5.11 Å². The summed E-state index contributed by atoms with van der Waals surface area (Å²) in [7, 11) is 0. The van der Waals surface area contributed by atoms with E-state index < -0.39 is 5.97 Å². The lowest BCUT2D eigenvalue weighted by atomic mass is 10.2. The molecule has 0 fully saturated rings. The van der Waals surface area contributed by atoms with E-state index in [1.807, 2.05) is 0 Å². The Morgan fingerprint density at radius 1 is 1.44 bits per heavy atom. The van der Waals surface area contributed by atoms with Crippen molar-refractivity contribution >= 4 is 16.9 Å². The fraction of sp³-hybridized carbons (Fsp3) is 0.833. The average molecular weight is 144 g/mol. The predicted molar refractivity (Wildman–Crippen MR) is 37.5 cm³/mol. The maximum Gasteiger partial charge on any atom is 0.303 e. The fourth-order valence-corrected chi connectivity index (χ4v) is 0.526. The predicted octanol–water partition coefficient (Wildman–Crippen LogP) is 1.27. The van der Waals surface area contributed by atoms with Crippen LogP contribution in [0.1, 0.15) is 32.6 Å². The van der Waals surface area contributed by atoms with Crippen LogP contribution in [-0.2, 0) is 4.79 Å². The standard InChI is InChI=1S/C6H12O2.Si/c1-2-3-4-5-6(7)8;/h2-5H2,1H3,(H,7,8);. The Morgan fingerprint density at radius 3 is 2.33 bits per heavy atom. The van der Waals surface area contributed by atoms with Gasteiger partial charge in [-0.3, -0.25) is 4.79 Å². The summed E-state index contributed by atoms with van der Waals surface area (Å²) in [6, 6.07) is 0. The van der Waals surface area contributed by atoms with Crippen molar-refractivity contribution in [2.24, 2.45) is 0 Å². The summed E-state index contributed by atoms with van der Waals surface area (Å²) in [5, 5.41) is 8.14. The Balaban J connectivity index is 0. The zero-order valence-corrected chi connectivity index (χ0v) is 6.68. The van der Waals surface area contributed by atoms with Gasteiger partial charge in [0.25, 0.3) is 0 Å². The molecule has 0 saturated heterocycles. The van der Waals surface area contributed by atoms with Crippen LogP contribution in [0.4, 0.5) is 0 Å². The van der Waals surface area contributed by atoms with Gasteiger partial charge in [0, 0.05) is 17.4 Å². The summed E-state index contributed by atoms with van der Waals surface area (Å²) < 4.78 is 0. The van der Waals surface area contributed by atoms with E-state index in [0.717, 1.165) is 19.3 Å². The van der Waals surface area contributed by atoms with E-state index in [0.29, 0.717) is 6.42 Å². The van der Waals surface area contributed by atoms with Crippen molar-refractivity contribution in [1.29, 1.82) is 0 Å². The smallest absolute Gasteiger partial charge is 0.303 e. The Morgan fingerprint density at radius 2 is 2.00 bits per heavy atom. The van der Waals surface area contributed by atoms with Gasteiger partial charge in [0.15, 0.2) is 0 Å². The van der Waals surface area contributed by atoms with Gasteiger partial charge in [-0.25, -0.2) is 0 Å². The first-order chi connectivity index (χ1) is 3.77. The summed E-state index contributed by atoms with van der Waals surface area (Å²) in [4.78, 5) is 9.87. The summed E-state index contributed by atoms with van der Waals surface area (Å²) in [5.41, 5.74) is 0. The van der Waals surface area contributed by atoms with Crippen LogP contribution < -0.4 is 0 Å². The molecule has 52 valence electrons. The quantitative estimate of drug-likeness (QED) is 0.476. The molecule has 0 aromatic carbocycles. The lowest BCUT2D eigenvalue weighted by molar-refractivity contribution is -0.137. The SMILES string of the molecule is CCCCCC(=O)O.[Si]. The van der Waals surface area contributed by atoms with Crippen molar-refractivity contribution in [3.05, 3.63) is 0 Å². The second-order valence-corrected chi connectivity index (χ2v) is 1.85. The monoisotopic (exact) mass is 144 g/mol. The molecule has 0 aliphatic heterocycles. The third kappa shape index (κ3) is 11.3. The molecule has 0 aromatic rings. The van der Waals surface area contributed by atoms with Gasteiger partial charge in [-0.15, -0.1) is 0 Å². The Bertz CT molecular complexity index is 73.5. The first kappa shape index (κ1) is 11.5. The Hall–Kier alpha value is -0.313. The first-order valence-electron chi connectivity index (χ1n) is 2.99. The topological polar surface area (TPSA) is 37.3 Å². The summed E-state index contributed by atoms with van der Waals surface area (Å²) in [5.74, 6) is -0.682. The molecule has 0 amide bonds. The summed E-state index contributed by atoms with van der Waals surface area (Å²) in [6.07, 6.45) is 3.28. The van der Waals surface area contributed by atoms with Gasteiger partial charge in [-0.1, -0.05) is 19.8 Å². The van der Waals surface area contributed by atoms with Crippen LogP contribution in [0.25, 0.3) is 0 Å². The molecule has 9 heavy (non-hydrogen) atoms. The molecule has 0 rings (SSSR count). The highest BCUT2D eigenvalue weighted by molar-refractivity contribution is 5.75. The lowest BCUT2D eigenvalue weighted by Crippen LogP contribution is -1.92. The van der Waals surface area contributed by atoms with E-state index in [1.54, 1.807) is 0 Å². The van der Waals surface area contributed by atoms with Crippen molar-refractivity contribution in [1.82, 2.24) is 0 Å². The number of carboxylic acid groups (broad SMARTS) is 1. The fourth-order valence-electron chi connectivity index (χ4n) is 0.526. The minimum atomic E-state index is -0.682. The van der Waals surface area contributed by atoms with E-state index in [2.05, 4.69) is 6.92 Å². The zero-order chi connectivity index (χ0) is 6.41. The van der Waals surface area contributed by atoms with Crippen molar-refractivity contribution in [3.8, 4) is 0 Å². The Labute approximate surface area is 60.3 Å². The number of rotatable bonds is 4. The summed E-state index contributed by atoms with van der Waals surface area (Å²) in [6.45, 7) is 2.06. The van der Waals surface area contributed by atoms with Crippen molar-refractivity contribution in [2.45, 2.75) is 32.6 Å². The molecule has 0 aromatic heterocycles. The molecule has 2 nitrogen and oxygen atoms in total. The van der Waals surface area contributed by atoms with E-state index in [-0.39, 0.29) is 11.0 Å². The molecule has 0 heterocycles. The molecule has 0 spiro atoms. The van der Waals surface area contributed by atoms with Gasteiger partial charge >= 0.3 is 5.97 Å². The van der Waals surface area contributed by atoms with E-state index >= 15 is 0 Å². The zero-order valence-electron chi connectivity index (χ0n) is 5.68. The number of unbranched alkanes of at least 4 members (excludes halogenated alkanes) is 2. The third-order valence-electron chi connectivity index (χ3n) is 0.994. The summed E-state index contributed by atoms with van der Waals surface area (Å²) >= 11 is 0. The van der Waals surface area contributed by atoms with Crippen LogP contribution in [0.2, 0.25) is 0 Å². The second-order valence-electron chi connectivity index (χ2n) is 1.85. The maximum absolute atomic E-state index is 9.87. The maximum atomic E-state index is 9.87. The van der Waals surface area contributed by atoms with Gasteiger partial charge in [0.1, 0.15) is 0 Å². The average Bonchev–Trinajstić information content (AvgIpc) is 1.66. The molecule has 0 aliphatic rings. The number of carboxylic acids is 1. The van der Waals surface area contributed by atoms with E-state index in [1.165, 1.54) is 0 Å². The number of hydrogen-bond donors (Lipinski definition) is 1. The molecule has 0 unspecified atom stereocenters. The van der Waals surface area contributed by atoms with Crippen molar-refractivity contribution in [2.75, 3.05) is 0 Å². The highest BCUT2D eigenvalue weighted by Gasteiger charge is 1.92. The lowest BCUT2D eigenvalue weighted by Gasteiger charge is -1.89. The molecule has 0 bridgehead atoms. The molecule has 0 atom stereocenters. The molecular weight excluding hydrogens is 132 g/mol. The molecular formula is C6H12O2Si. The molecule has 0 aliphatic carbocycles. The van der Waals surface area contributed by atoms with Crippen LogP contribution in [0, 0.1) is 0 Å². The number of hydrogen-bond acceptors (Lipinski definition) is 1. The van der Waals surface area contributed by atoms with Gasteiger partial charge in [0.05, 0.1) is 0 Å².